The molecular weight excluding hydrogens is 274 g/mol. The van der Waals surface area contributed by atoms with Crippen LogP contribution in [0.4, 0.5) is 8.78 Å². The highest BCUT2D eigenvalue weighted by Crippen LogP contribution is 2.26. The van der Waals surface area contributed by atoms with Crippen LogP contribution in [0.2, 0.25) is 5.02 Å². The maximum atomic E-state index is 13.5. The molecule has 2 rings (SSSR count). The lowest BCUT2D eigenvalue weighted by Gasteiger charge is -2.06. The number of hydrogen-bond donors (Lipinski definition) is 0. The smallest absolute Gasteiger partial charge is 0.337 e. The second-order valence-corrected chi connectivity index (χ2v) is 4.26. The van der Waals surface area contributed by atoms with Crippen molar-refractivity contribution >= 4 is 17.6 Å². The first kappa shape index (κ1) is 13.5. The molecule has 0 spiro atoms. The predicted octanol–water partition coefficient (Wildman–Crippen LogP) is 4.07. The first-order valence-corrected chi connectivity index (χ1v) is 5.73. The highest BCUT2D eigenvalue weighted by Gasteiger charge is 2.11. The summed E-state index contributed by atoms with van der Waals surface area (Å²) in [7, 11) is 1.21. The number of carbonyl (C=O) groups is 1. The van der Waals surface area contributed by atoms with E-state index in [1.807, 2.05) is 0 Å². The summed E-state index contributed by atoms with van der Waals surface area (Å²) in [5.41, 5.74) is 1.01. The average Bonchev–Trinajstić information content (AvgIpc) is 2.40. The molecule has 0 aliphatic heterocycles. The summed E-state index contributed by atoms with van der Waals surface area (Å²) in [6.07, 6.45) is 0. The van der Waals surface area contributed by atoms with E-state index in [0.717, 1.165) is 6.07 Å². The van der Waals surface area contributed by atoms with Crippen LogP contribution in [0.5, 0.6) is 0 Å². The third-order valence-electron chi connectivity index (χ3n) is 2.57. The van der Waals surface area contributed by atoms with E-state index in [9.17, 15) is 13.6 Å². The number of carbonyl (C=O) groups excluding carboxylic acids is 1. The molecule has 2 aromatic carbocycles. The minimum Gasteiger partial charge on any atom is -0.465 e. The van der Waals surface area contributed by atoms with Crippen LogP contribution in [0.1, 0.15) is 10.4 Å². The monoisotopic (exact) mass is 282 g/mol. The van der Waals surface area contributed by atoms with Crippen LogP contribution in [0.3, 0.4) is 0 Å². The van der Waals surface area contributed by atoms with E-state index in [0.29, 0.717) is 11.1 Å². The number of hydrogen-bond acceptors (Lipinski definition) is 2. The molecule has 0 saturated heterocycles. The maximum absolute atomic E-state index is 13.5. The number of benzene rings is 2. The Morgan fingerprint density at radius 3 is 2.47 bits per heavy atom. The van der Waals surface area contributed by atoms with Crippen molar-refractivity contribution in [1.82, 2.24) is 0 Å². The van der Waals surface area contributed by atoms with Crippen LogP contribution < -0.4 is 0 Å². The van der Waals surface area contributed by atoms with E-state index in [2.05, 4.69) is 4.74 Å². The Balaban J connectivity index is 2.52. The predicted molar refractivity (Wildman–Crippen MR) is 68.1 cm³/mol. The lowest BCUT2D eigenvalue weighted by atomic mass is 10.0. The molecule has 19 heavy (non-hydrogen) atoms. The third kappa shape index (κ3) is 2.90. The van der Waals surface area contributed by atoms with Crippen molar-refractivity contribution in [3.05, 3.63) is 58.6 Å². The zero-order valence-corrected chi connectivity index (χ0v) is 10.7. The Morgan fingerprint density at radius 1 is 1.11 bits per heavy atom. The van der Waals surface area contributed by atoms with Crippen molar-refractivity contribution in [1.29, 1.82) is 0 Å². The molecule has 0 radical (unpaired) electrons. The molecule has 0 aromatic heterocycles. The van der Waals surface area contributed by atoms with Gasteiger partial charge in [0.2, 0.25) is 0 Å². The fourth-order valence-electron chi connectivity index (χ4n) is 1.67. The van der Waals surface area contributed by atoms with Gasteiger partial charge in [-0.25, -0.2) is 13.6 Å². The van der Waals surface area contributed by atoms with Gasteiger partial charge in [-0.3, -0.25) is 0 Å². The standard InChI is InChI=1S/C14H9ClF2O2/c1-19-14(18)10-4-9(5-11(16)6-10)8-2-3-13(17)12(15)7-8/h2-7H,1H3. The van der Waals surface area contributed by atoms with Crippen LogP contribution in [-0.4, -0.2) is 13.1 Å². The van der Waals surface area contributed by atoms with Gasteiger partial charge in [0.1, 0.15) is 11.6 Å². The van der Waals surface area contributed by atoms with Crippen LogP contribution in [-0.2, 0) is 4.74 Å². The number of methoxy groups -OCH3 is 1. The lowest BCUT2D eigenvalue weighted by molar-refractivity contribution is 0.0600. The molecule has 0 atom stereocenters. The van der Waals surface area contributed by atoms with E-state index in [4.69, 9.17) is 11.6 Å². The molecule has 0 aliphatic rings. The number of esters is 1. The molecule has 5 heteroatoms. The first-order chi connectivity index (χ1) is 9.01. The molecule has 0 fully saturated rings. The zero-order valence-electron chi connectivity index (χ0n) is 9.91. The largest absolute Gasteiger partial charge is 0.465 e. The Bertz CT molecular complexity index is 641. The Kier molecular flexibility index (Phi) is 3.81. The molecular formula is C14H9ClF2O2. The summed E-state index contributed by atoms with van der Waals surface area (Å²) in [4.78, 5) is 11.4. The molecule has 2 nitrogen and oxygen atoms in total. The van der Waals surface area contributed by atoms with Gasteiger partial charge in [0.05, 0.1) is 17.7 Å². The fourth-order valence-corrected chi connectivity index (χ4v) is 1.85. The van der Waals surface area contributed by atoms with Gasteiger partial charge in [0.25, 0.3) is 0 Å². The minimum absolute atomic E-state index is 0.0682. The van der Waals surface area contributed by atoms with Gasteiger partial charge in [-0.05, 0) is 41.5 Å². The fraction of sp³-hybridized carbons (Fsp3) is 0.0714. The van der Waals surface area contributed by atoms with Crippen LogP contribution in [0, 0.1) is 11.6 Å². The molecule has 2 aromatic rings. The van der Waals surface area contributed by atoms with Crippen molar-refractivity contribution in [2.75, 3.05) is 7.11 Å². The van der Waals surface area contributed by atoms with Crippen LogP contribution in [0.25, 0.3) is 11.1 Å². The van der Waals surface area contributed by atoms with Crippen molar-refractivity contribution in [3.63, 3.8) is 0 Å². The van der Waals surface area contributed by atoms with Gasteiger partial charge < -0.3 is 4.74 Å². The van der Waals surface area contributed by atoms with Gasteiger partial charge in [-0.2, -0.15) is 0 Å². The first-order valence-electron chi connectivity index (χ1n) is 5.35. The minimum atomic E-state index is -0.644. The van der Waals surface area contributed by atoms with Crippen molar-refractivity contribution in [2.45, 2.75) is 0 Å². The van der Waals surface area contributed by atoms with Crippen molar-refractivity contribution < 1.29 is 18.3 Å². The van der Waals surface area contributed by atoms with E-state index in [-0.39, 0.29) is 10.6 Å². The molecule has 0 unspecified atom stereocenters. The summed E-state index contributed by atoms with van der Waals surface area (Å²) in [5, 5.41) is -0.0682. The third-order valence-corrected chi connectivity index (χ3v) is 2.86. The van der Waals surface area contributed by atoms with Gasteiger partial charge in [-0.1, -0.05) is 17.7 Å². The van der Waals surface area contributed by atoms with Crippen molar-refractivity contribution in [2.24, 2.45) is 0 Å². The molecule has 0 N–H and O–H groups in total. The van der Waals surface area contributed by atoms with Crippen LogP contribution >= 0.6 is 11.6 Å². The number of halogens is 3. The Hall–Kier alpha value is -1.94. The normalized spacial score (nSPS) is 10.3. The average molecular weight is 283 g/mol. The molecule has 0 bridgehead atoms. The molecule has 0 heterocycles. The van der Waals surface area contributed by atoms with Gasteiger partial charge >= 0.3 is 5.97 Å². The van der Waals surface area contributed by atoms with Crippen LogP contribution in [0.15, 0.2) is 36.4 Å². The molecule has 0 aliphatic carbocycles. The van der Waals surface area contributed by atoms with E-state index in [1.165, 1.54) is 37.4 Å². The van der Waals surface area contributed by atoms with Gasteiger partial charge in [0.15, 0.2) is 0 Å². The summed E-state index contributed by atoms with van der Waals surface area (Å²) in [6, 6.07) is 7.76. The number of rotatable bonds is 2. The van der Waals surface area contributed by atoms with Gasteiger partial charge in [0, 0.05) is 0 Å². The number of ether oxygens (including phenoxy) is 1. The summed E-state index contributed by atoms with van der Waals surface area (Å²) in [6.45, 7) is 0. The second-order valence-electron chi connectivity index (χ2n) is 3.85. The maximum Gasteiger partial charge on any atom is 0.337 e. The second kappa shape index (κ2) is 5.36. The Morgan fingerprint density at radius 2 is 1.84 bits per heavy atom. The topological polar surface area (TPSA) is 26.3 Å². The Labute approximate surface area is 113 Å². The van der Waals surface area contributed by atoms with Crippen molar-refractivity contribution in [3.8, 4) is 11.1 Å². The highest BCUT2D eigenvalue weighted by atomic mass is 35.5. The van der Waals surface area contributed by atoms with Gasteiger partial charge in [-0.15, -0.1) is 0 Å². The van der Waals surface area contributed by atoms with E-state index < -0.39 is 17.6 Å². The highest BCUT2D eigenvalue weighted by molar-refractivity contribution is 6.31. The molecule has 98 valence electrons. The summed E-state index contributed by atoms with van der Waals surface area (Å²) in [5.74, 6) is -1.79. The summed E-state index contributed by atoms with van der Waals surface area (Å²) >= 11 is 5.67. The summed E-state index contributed by atoms with van der Waals surface area (Å²) < 4.78 is 31.1. The lowest BCUT2D eigenvalue weighted by Crippen LogP contribution is -2.02. The van der Waals surface area contributed by atoms with E-state index in [1.54, 1.807) is 0 Å². The molecule has 0 saturated carbocycles. The zero-order chi connectivity index (χ0) is 14.0. The quantitative estimate of drug-likeness (QED) is 0.776. The SMILES string of the molecule is COC(=O)c1cc(F)cc(-c2ccc(F)c(Cl)c2)c1. The van der Waals surface area contributed by atoms with E-state index >= 15 is 0 Å². The molecule has 0 amide bonds.